The van der Waals surface area contributed by atoms with Gasteiger partial charge in [-0.05, 0) is 30.2 Å². The molecule has 2 saturated heterocycles. The molecule has 1 aromatic heterocycles. The molecule has 3 amide bonds. The van der Waals surface area contributed by atoms with Gasteiger partial charge < -0.3 is 19.4 Å². The molecule has 0 aliphatic carbocycles. The highest BCUT2D eigenvalue weighted by molar-refractivity contribution is 5.97. The average Bonchev–Trinajstić information content (AvgIpc) is 3.02. The van der Waals surface area contributed by atoms with Crippen molar-refractivity contribution in [1.29, 1.82) is 0 Å². The Hall–Kier alpha value is -3.49. The van der Waals surface area contributed by atoms with Crippen molar-refractivity contribution < 1.29 is 23.5 Å². The van der Waals surface area contributed by atoms with Gasteiger partial charge in [-0.15, -0.1) is 0 Å². The van der Waals surface area contributed by atoms with E-state index >= 15 is 0 Å². The van der Waals surface area contributed by atoms with Crippen LogP contribution in [0.4, 0.5) is 4.39 Å². The number of halogens is 1. The van der Waals surface area contributed by atoms with E-state index in [9.17, 15) is 18.8 Å². The summed E-state index contributed by atoms with van der Waals surface area (Å²) in [6, 6.07) is 8.35. The lowest BCUT2D eigenvalue weighted by Crippen LogP contribution is -2.61. The summed E-state index contributed by atoms with van der Waals surface area (Å²) in [5.41, 5.74) is 1.13. The summed E-state index contributed by atoms with van der Waals surface area (Å²) in [5.74, 6) is -0.554. The first-order valence-corrected chi connectivity index (χ1v) is 10.1. The van der Waals surface area contributed by atoms with Crippen LogP contribution in [0.5, 0.6) is 5.88 Å². The van der Waals surface area contributed by atoms with Crippen molar-refractivity contribution in [1.82, 2.24) is 19.7 Å². The lowest BCUT2D eigenvalue weighted by molar-refractivity contribution is -0.156. The second-order valence-corrected chi connectivity index (χ2v) is 7.62. The number of pyridine rings is 1. The number of nitrogens with zero attached hydrogens (tertiary/aromatic N) is 4. The molecule has 2 fully saturated rings. The zero-order chi connectivity index (χ0) is 22.0. The first-order chi connectivity index (χ1) is 15.0. The third kappa shape index (κ3) is 4.35. The first kappa shape index (κ1) is 20.8. The zero-order valence-electron chi connectivity index (χ0n) is 17.2. The molecule has 0 bridgehead atoms. The predicted octanol–water partition coefficient (Wildman–Crippen LogP) is 1.31. The standard InChI is InChI=1S/C22H23FN4O4/c1-31-19-8-5-16(11-24-19)21(29)25-9-2-10-27-18(13-25)22(30)26(14-20(27)28)12-15-3-6-17(23)7-4-15/h3-8,11,18H,2,9-10,12-14H2,1H3. The van der Waals surface area contributed by atoms with Gasteiger partial charge in [-0.2, -0.15) is 0 Å². The van der Waals surface area contributed by atoms with E-state index in [1.165, 1.54) is 30.3 Å². The molecule has 162 valence electrons. The number of benzene rings is 1. The van der Waals surface area contributed by atoms with Gasteiger partial charge in [-0.3, -0.25) is 14.4 Å². The third-order valence-electron chi connectivity index (χ3n) is 5.61. The van der Waals surface area contributed by atoms with Gasteiger partial charge in [0.25, 0.3) is 5.91 Å². The number of piperazine rings is 1. The fraction of sp³-hybridized carbons (Fsp3) is 0.364. The zero-order valence-corrected chi connectivity index (χ0v) is 17.2. The summed E-state index contributed by atoms with van der Waals surface area (Å²) < 4.78 is 18.2. The fourth-order valence-corrected chi connectivity index (χ4v) is 3.98. The topological polar surface area (TPSA) is 83.0 Å². The van der Waals surface area contributed by atoms with Gasteiger partial charge in [0.05, 0.1) is 19.2 Å². The highest BCUT2D eigenvalue weighted by atomic mass is 19.1. The van der Waals surface area contributed by atoms with Crippen LogP contribution in [0.15, 0.2) is 42.6 Å². The van der Waals surface area contributed by atoms with Crippen LogP contribution in [0.3, 0.4) is 0 Å². The van der Waals surface area contributed by atoms with Gasteiger partial charge in [-0.25, -0.2) is 9.37 Å². The number of carbonyl (C=O) groups is 3. The molecule has 1 unspecified atom stereocenters. The minimum absolute atomic E-state index is 0.0247. The lowest BCUT2D eigenvalue weighted by atomic mass is 10.1. The van der Waals surface area contributed by atoms with E-state index in [4.69, 9.17) is 4.74 Å². The van der Waals surface area contributed by atoms with E-state index in [1.54, 1.807) is 34.1 Å². The van der Waals surface area contributed by atoms with E-state index in [0.29, 0.717) is 31.0 Å². The summed E-state index contributed by atoms with van der Waals surface area (Å²) in [6.07, 6.45) is 2.03. The molecule has 0 spiro atoms. The van der Waals surface area contributed by atoms with Crippen molar-refractivity contribution in [3.63, 3.8) is 0 Å². The molecule has 31 heavy (non-hydrogen) atoms. The Bertz CT molecular complexity index is 980. The summed E-state index contributed by atoms with van der Waals surface area (Å²) >= 11 is 0. The maximum atomic E-state index is 13.2. The second kappa shape index (κ2) is 8.71. The molecule has 1 atom stereocenters. The molecular formula is C22H23FN4O4. The van der Waals surface area contributed by atoms with Crippen LogP contribution in [0, 0.1) is 5.82 Å². The monoisotopic (exact) mass is 426 g/mol. The minimum atomic E-state index is -0.737. The van der Waals surface area contributed by atoms with Crippen LogP contribution < -0.4 is 4.74 Å². The summed E-state index contributed by atoms with van der Waals surface area (Å²) in [6.45, 7) is 1.17. The van der Waals surface area contributed by atoms with E-state index < -0.39 is 6.04 Å². The van der Waals surface area contributed by atoms with E-state index in [0.717, 1.165) is 5.56 Å². The molecule has 0 N–H and O–H groups in total. The van der Waals surface area contributed by atoms with Gasteiger partial charge >= 0.3 is 0 Å². The Morgan fingerprint density at radius 2 is 1.94 bits per heavy atom. The molecule has 2 aliphatic rings. The Labute approximate surface area is 179 Å². The van der Waals surface area contributed by atoms with Gasteiger partial charge in [0.15, 0.2) is 0 Å². The predicted molar refractivity (Wildman–Crippen MR) is 109 cm³/mol. The lowest BCUT2D eigenvalue weighted by Gasteiger charge is -2.40. The van der Waals surface area contributed by atoms with Crippen molar-refractivity contribution in [2.45, 2.75) is 19.0 Å². The molecule has 9 heteroatoms. The molecular weight excluding hydrogens is 403 g/mol. The van der Waals surface area contributed by atoms with Crippen molar-refractivity contribution in [2.75, 3.05) is 33.3 Å². The molecule has 0 saturated carbocycles. The number of fused-ring (bicyclic) bond motifs is 1. The number of hydrogen-bond donors (Lipinski definition) is 0. The van der Waals surface area contributed by atoms with Crippen molar-refractivity contribution in [2.24, 2.45) is 0 Å². The SMILES string of the molecule is COc1ccc(C(=O)N2CCCN3C(=O)CN(Cc4ccc(F)cc4)C(=O)C3C2)cn1. The van der Waals surface area contributed by atoms with Crippen LogP contribution in [0.2, 0.25) is 0 Å². The number of rotatable bonds is 4. The summed E-state index contributed by atoms with van der Waals surface area (Å²) in [4.78, 5) is 47.7. The molecule has 3 heterocycles. The maximum absolute atomic E-state index is 13.2. The largest absolute Gasteiger partial charge is 0.481 e. The number of carbonyl (C=O) groups excluding carboxylic acids is 3. The van der Waals surface area contributed by atoms with Crippen molar-refractivity contribution >= 4 is 17.7 Å². The number of hydrogen-bond acceptors (Lipinski definition) is 5. The smallest absolute Gasteiger partial charge is 0.255 e. The first-order valence-electron chi connectivity index (χ1n) is 10.1. The minimum Gasteiger partial charge on any atom is -0.481 e. The number of methoxy groups -OCH3 is 1. The molecule has 0 radical (unpaired) electrons. The van der Waals surface area contributed by atoms with Gasteiger partial charge in [0.2, 0.25) is 17.7 Å². The second-order valence-electron chi connectivity index (χ2n) is 7.62. The fourth-order valence-electron chi connectivity index (χ4n) is 3.98. The Morgan fingerprint density at radius 3 is 2.61 bits per heavy atom. The highest BCUT2D eigenvalue weighted by Crippen LogP contribution is 2.21. The summed E-state index contributed by atoms with van der Waals surface area (Å²) in [7, 11) is 1.50. The maximum Gasteiger partial charge on any atom is 0.255 e. The summed E-state index contributed by atoms with van der Waals surface area (Å²) in [5, 5.41) is 0. The number of amides is 3. The third-order valence-corrected chi connectivity index (χ3v) is 5.61. The van der Waals surface area contributed by atoms with E-state index in [2.05, 4.69) is 4.98 Å². The molecule has 1 aromatic carbocycles. The average molecular weight is 426 g/mol. The van der Waals surface area contributed by atoms with Crippen LogP contribution in [-0.2, 0) is 16.1 Å². The Balaban J connectivity index is 1.51. The van der Waals surface area contributed by atoms with E-state index in [-0.39, 0.29) is 43.2 Å². The van der Waals surface area contributed by atoms with Gasteiger partial charge in [0.1, 0.15) is 18.4 Å². The van der Waals surface area contributed by atoms with Crippen LogP contribution in [0.1, 0.15) is 22.3 Å². The van der Waals surface area contributed by atoms with Gasteiger partial charge in [0, 0.05) is 31.9 Å². The Morgan fingerprint density at radius 1 is 1.16 bits per heavy atom. The van der Waals surface area contributed by atoms with Gasteiger partial charge in [-0.1, -0.05) is 12.1 Å². The van der Waals surface area contributed by atoms with Crippen molar-refractivity contribution in [3.05, 3.63) is 59.5 Å². The van der Waals surface area contributed by atoms with Crippen LogP contribution in [0.25, 0.3) is 0 Å². The van der Waals surface area contributed by atoms with E-state index in [1.807, 2.05) is 0 Å². The number of aromatic nitrogens is 1. The molecule has 2 aliphatic heterocycles. The highest BCUT2D eigenvalue weighted by Gasteiger charge is 2.42. The quantitative estimate of drug-likeness (QED) is 0.736. The van der Waals surface area contributed by atoms with Crippen LogP contribution in [-0.4, -0.2) is 76.7 Å². The Kier molecular flexibility index (Phi) is 5.83. The molecule has 8 nitrogen and oxygen atoms in total. The molecule has 2 aromatic rings. The molecule has 4 rings (SSSR count). The van der Waals surface area contributed by atoms with Crippen LogP contribution >= 0.6 is 0 Å². The number of ether oxygens (including phenoxy) is 1. The normalized spacial score (nSPS) is 19.2. The van der Waals surface area contributed by atoms with Crippen molar-refractivity contribution in [3.8, 4) is 5.88 Å².